The summed E-state index contributed by atoms with van der Waals surface area (Å²) in [4.78, 5) is 26.2. The van der Waals surface area contributed by atoms with Gasteiger partial charge >= 0.3 is 0 Å². The first-order chi connectivity index (χ1) is 10.5. The number of rotatable bonds is 1. The van der Waals surface area contributed by atoms with E-state index >= 15 is 0 Å². The van der Waals surface area contributed by atoms with E-state index in [1.54, 1.807) is 17.3 Å². The van der Waals surface area contributed by atoms with Gasteiger partial charge in [0.25, 0.3) is 0 Å². The van der Waals surface area contributed by atoms with E-state index < -0.39 is 5.41 Å². The highest BCUT2D eigenvalue weighted by molar-refractivity contribution is 6.09. The van der Waals surface area contributed by atoms with E-state index in [4.69, 9.17) is 0 Å². The van der Waals surface area contributed by atoms with Crippen LogP contribution in [0.3, 0.4) is 0 Å². The van der Waals surface area contributed by atoms with Crippen LogP contribution < -0.4 is 4.90 Å². The molecule has 0 saturated carbocycles. The summed E-state index contributed by atoms with van der Waals surface area (Å²) in [6.45, 7) is 3.92. The van der Waals surface area contributed by atoms with Gasteiger partial charge in [0.15, 0.2) is 0 Å². The second-order valence-electron chi connectivity index (χ2n) is 6.20. The molecule has 22 heavy (non-hydrogen) atoms. The average Bonchev–Trinajstić information content (AvgIpc) is 3.01. The van der Waals surface area contributed by atoms with Crippen molar-refractivity contribution < 1.29 is 4.79 Å². The Hall–Kier alpha value is -2.69. The fourth-order valence-electron chi connectivity index (χ4n) is 3.11. The van der Waals surface area contributed by atoms with Crippen LogP contribution in [0.15, 0.2) is 36.7 Å². The molecule has 5 nitrogen and oxygen atoms in total. The molecule has 0 spiro atoms. The number of amides is 1. The third-order valence-corrected chi connectivity index (χ3v) is 4.41. The van der Waals surface area contributed by atoms with Crippen molar-refractivity contribution in [1.29, 1.82) is 0 Å². The van der Waals surface area contributed by atoms with E-state index in [0.29, 0.717) is 0 Å². The van der Waals surface area contributed by atoms with Crippen molar-refractivity contribution in [3.63, 3.8) is 0 Å². The molecule has 0 bridgehead atoms. The van der Waals surface area contributed by atoms with Gasteiger partial charge in [0.1, 0.15) is 5.82 Å². The third kappa shape index (κ3) is 1.62. The van der Waals surface area contributed by atoms with E-state index in [1.807, 2.05) is 45.2 Å². The van der Waals surface area contributed by atoms with Crippen LogP contribution in [0.25, 0.3) is 22.4 Å². The molecule has 0 saturated heterocycles. The number of anilines is 1. The van der Waals surface area contributed by atoms with E-state index in [1.165, 1.54) is 0 Å². The maximum absolute atomic E-state index is 12.4. The quantitative estimate of drug-likeness (QED) is 0.750. The number of aromatic amines is 1. The molecule has 1 amide bonds. The van der Waals surface area contributed by atoms with Crippen LogP contribution in [0.2, 0.25) is 0 Å². The summed E-state index contributed by atoms with van der Waals surface area (Å²) in [5, 5.41) is 0. The van der Waals surface area contributed by atoms with Crippen molar-refractivity contribution in [2.45, 2.75) is 19.3 Å². The number of hydrogen-bond acceptors (Lipinski definition) is 3. The molecular formula is C17H16N4O. The summed E-state index contributed by atoms with van der Waals surface area (Å²) in [7, 11) is 1.82. The molecule has 2 aromatic heterocycles. The SMILES string of the molecule is CN1C(=O)C(C)(C)c2cc3[nH]c(-c4cccnc4)nc3cc21. The molecule has 0 fully saturated rings. The molecule has 1 aliphatic rings. The van der Waals surface area contributed by atoms with Crippen LogP contribution in [-0.2, 0) is 10.2 Å². The van der Waals surface area contributed by atoms with Crippen molar-refractivity contribution in [2.24, 2.45) is 0 Å². The molecule has 3 heterocycles. The molecule has 0 atom stereocenters. The normalized spacial score (nSPS) is 16.3. The molecule has 5 heteroatoms. The van der Waals surface area contributed by atoms with Gasteiger partial charge in [-0.1, -0.05) is 0 Å². The van der Waals surface area contributed by atoms with Crippen LogP contribution in [0, 0.1) is 0 Å². The Kier molecular flexibility index (Phi) is 2.46. The summed E-state index contributed by atoms with van der Waals surface area (Å²) >= 11 is 0. The molecule has 0 unspecified atom stereocenters. The molecule has 4 rings (SSSR count). The Morgan fingerprint density at radius 3 is 2.82 bits per heavy atom. The van der Waals surface area contributed by atoms with Gasteiger partial charge < -0.3 is 9.88 Å². The van der Waals surface area contributed by atoms with Crippen molar-refractivity contribution in [3.05, 3.63) is 42.2 Å². The number of nitrogens with one attached hydrogen (secondary N) is 1. The second kappa shape index (κ2) is 4.16. The predicted octanol–water partition coefficient (Wildman–Crippen LogP) is 2.88. The van der Waals surface area contributed by atoms with Gasteiger partial charge in [0.2, 0.25) is 5.91 Å². The van der Waals surface area contributed by atoms with Crippen LogP contribution in [0.4, 0.5) is 5.69 Å². The van der Waals surface area contributed by atoms with E-state index in [9.17, 15) is 4.79 Å². The zero-order valence-corrected chi connectivity index (χ0v) is 12.7. The fourth-order valence-corrected chi connectivity index (χ4v) is 3.11. The number of fused-ring (bicyclic) bond motifs is 2. The molecule has 0 aliphatic carbocycles. The summed E-state index contributed by atoms with van der Waals surface area (Å²) in [6.07, 6.45) is 3.52. The number of H-pyrrole nitrogens is 1. The summed E-state index contributed by atoms with van der Waals surface area (Å²) in [5.74, 6) is 0.904. The van der Waals surface area contributed by atoms with Gasteiger partial charge in [0.05, 0.1) is 16.4 Å². The van der Waals surface area contributed by atoms with Gasteiger partial charge in [0, 0.05) is 30.7 Å². The zero-order chi connectivity index (χ0) is 15.5. The number of benzene rings is 1. The van der Waals surface area contributed by atoms with E-state index in [-0.39, 0.29) is 5.91 Å². The van der Waals surface area contributed by atoms with Crippen molar-refractivity contribution in [3.8, 4) is 11.4 Å². The van der Waals surface area contributed by atoms with Gasteiger partial charge in [-0.3, -0.25) is 9.78 Å². The summed E-state index contributed by atoms with van der Waals surface area (Å²) in [6, 6.07) is 7.88. The highest BCUT2D eigenvalue weighted by Crippen LogP contribution is 2.42. The molecule has 1 N–H and O–H groups in total. The van der Waals surface area contributed by atoms with Gasteiger partial charge in [-0.2, -0.15) is 0 Å². The lowest BCUT2D eigenvalue weighted by Crippen LogP contribution is -2.33. The Balaban J connectivity index is 1.93. The molecule has 110 valence electrons. The molecular weight excluding hydrogens is 276 g/mol. The summed E-state index contributed by atoms with van der Waals surface area (Å²) < 4.78 is 0. The highest BCUT2D eigenvalue weighted by Gasteiger charge is 2.42. The largest absolute Gasteiger partial charge is 0.338 e. The van der Waals surface area contributed by atoms with Crippen LogP contribution in [-0.4, -0.2) is 27.9 Å². The van der Waals surface area contributed by atoms with Gasteiger partial charge in [-0.15, -0.1) is 0 Å². The fraction of sp³-hybridized carbons (Fsp3) is 0.235. The molecule has 1 aliphatic heterocycles. The zero-order valence-electron chi connectivity index (χ0n) is 12.7. The number of likely N-dealkylation sites (N-methyl/N-ethyl adjacent to an activating group) is 1. The highest BCUT2D eigenvalue weighted by atomic mass is 16.2. The molecule has 0 radical (unpaired) electrons. The number of aromatic nitrogens is 3. The lowest BCUT2D eigenvalue weighted by molar-refractivity contribution is -0.121. The minimum absolute atomic E-state index is 0.114. The lowest BCUT2D eigenvalue weighted by atomic mass is 9.86. The van der Waals surface area contributed by atoms with Crippen molar-refractivity contribution >= 4 is 22.6 Å². The van der Waals surface area contributed by atoms with Gasteiger partial charge in [-0.05, 0) is 43.7 Å². The third-order valence-electron chi connectivity index (χ3n) is 4.41. The number of imidazole rings is 1. The molecule has 1 aromatic carbocycles. The standard InChI is InChI=1S/C17H16N4O/c1-17(2)11-7-12-13(8-14(11)21(3)16(17)22)20-15(19-12)10-5-4-6-18-9-10/h4-9H,1-3H3,(H,19,20). The van der Waals surface area contributed by atoms with Crippen molar-refractivity contribution in [2.75, 3.05) is 11.9 Å². The predicted molar refractivity (Wildman–Crippen MR) is 85.8 cm³/mol. The van der Waals surface area contributed by atoms with Crippen LogP contribution in [0.1, 0.15) is 19.4 Å². The van der Waals surface area contributed by atoms with Gasteiger partial charge in [-0.25, -0.2) is 4.98 Å². The topological polar surface area (TPSA) is 61.9 Å². The molecule has 3 aromatic rings. The minimum Gasteiger partial charge on any atom is -0.338 e. The Morgan fingerprint density at radius 2 is 2.09 bits per heavy atom. The monoisotopic (exact) mass is 292 g/mol. The second-order valence-corrected chi connectivity index (χ2v) is 6.20. The average molecular weight is 292 g/mol. The minimum atomic E-state index is -0.502. The summed E-state index contributed by atoms with van der Waals surface area (Å²) in [5.41, 5.74) is 4.21. The van der Waals surface area contributed by atoms with E-state index in [0.717, 1.165) is 33.7 Å². The Bertz CT molecular complexity index is 896. The van der Waals surface area contributed by atoms with Crippen LogP contribution in [0.5, 0.6) is 0 Å². The van der Waals surface area contributed by atoms with E-state index in [2.05, 4.69) is 15.0 Å². The number of nitrogens with zero attached hydrogens (tertiary/aromatic N) is 3. The Morgan fingerprint density at radius 1 is 1.27 bits per heavy atom. The lowest BCUT2D eigenvalue weighted by Gasteiger charge is -2.16. The first kappa shape index (κ1) is 13.0. The Labute approximate surface area is 128 Å². The number of pyridine rings is 1. The first-order valence-corrected chi connectivity index (χ1v) is 7.21. The van der Waals surface area contributed by atoms with Crippen molar-refractivity contribution in [1.82, 2.24) is 15.0 Å². The number of hydrogen-bond donors (Lipinski definition) is 1. The maximum atomic E-state index is 12.4. The maximum Gasteiger partial charge on any atom is 0.236 e. The first-order valence-electron chi connectivity index (χ1n) is 7.21. The number of carbonyl (C=O) groups excluding carboxylic acids is 1. The smallest absolute Gasteiger partial charge is 0.236 e. The van der Waals surface area contributed by atoms with Crippen LogP contribution >= 0.6 is 0 Å². The number of carbonyl (C=O) groups is 1.